The molecule has 1 heterocycles. The Hall–Kier alpha value is -2.23. The van der Waals surface area contributed by atoms with E-state index in [0.717, 1.165) is 18.6 Å². The summed E-state index contributed by atoms with van der Waals surface area (Å²) in [4.78, 5) is 11.6. The van der Waals surface area contributed by atoms with E-state index in [1.54, 1.807) is 19.1 Å². The van der Waals surface area contributed by atoms with E-state index < -0.39 is 5.97 Å². The van der Waals surface area contributed by atoms with Gasteiger partial charge in [0.25, 0.3) is 0 Å². The molecule has 0 saturated carbocycles. The van der Waals surface area contributed by atoms with Gasteiger partial charge in [-0.2, -0.15) is 0 Å². The molecule has 0 unspecified atom stereocenters. The number of ether oxygens (including phenoxy) is 2. The van der Waals surface area contributed by atoms with Crippen molar-refractivity contribution in [2.24, 2.45) is 0 Å². The average Bonchev–Trinajstić information content (AvgIpc) is 3.02. The third-order valence-corrected chi connectivity index (χ3v) is 3.86. The number of esters is 1. The van der Waals surface area contributed by atoms with Gasteiger partial charge in [-0.05, 0) is 61.9 Å². The van der Waals surface area contributed by atoms with E-state index in [1.165, 1.54) is 24.0 Å². The molecule has 1 aliphatic carbocycles. The Labute approximate surface area is 130 Å². The summed E-state index contributed by atoms with van der Waals surface area (Å²) in [5.41, 5.74) is 2.70. The van der Waals surface area contributed by atoms with Crippen LogP contribution in [0.25, 0.3) is 0 Å². The molecule has 4 nitrogen and oxygen atoms in total. The Bertz CT molecular complexity index is 657. The van der Waals surface area contributed by atoms with E-state index in [1.807, 2.05) is 12.1 Å². The van der Waals surface area contributed by atoms with Crippen molar-refractivity contribution in [1.29, 1.82) is 0 Å². The zero-order valence-corrected chi connectivity index (χ0v) is 12.8. The van der Waals surface area contributed by atoms with Crippen molar-refractivity contribution >= 4 is 5.97 Å². The first-order valence-corrected chi connectivity index (χ1v) is 7.77. The highest BCUT2D eigenvalue weighted by atomic mass is 16.5. The third-order valence-electron chi connectivity index (χ3n) is 3.86. The minimum absolute atomic E-state index is 0.218. The molecule has 0 saturated heterocycles. The second-order valence-electron chi connectivity index (χ2n) is 5.38. The fraction of sp³-hybridized carbons (Fsp3) is 0.389. The highest BCUT2D eigenvalue weighted by Crippen LogP contribution is 2.30. The summed E-state index contributed by atoms with van der Waals surface area (Å²) < 4.78 is 16.3. The van der Waals surface area contributed by atoms with Gasteiger partial charge in [-0.15, -0.1) is 0 Å². The fourth-order valence-electron chi connectivity index (χ4n) is 2.80. The number of fused-ring (bicyclic) bond motifs is 1. The van der Waals surface area contributed by atoms with Gasteiger partial charge in [0.2, 0.25) is 5.76 Å². The van der Waals surface area contributed by atoms with Gasteiger partial charge < -0.3 is 13.9 Å². The summed E-state index contributed by atoms with van der Waals surface area (Å²) in [7, 11) is 0. The van der Waals surface area contributed by atoms with Crippen molar-refractivity contribution in [2.45, 2.75) is 39.2 Å². The standard InChI is InChI=1S/C18H20O4/c1-2-20-18(19)17-11-10-14(22-17)12-21-16-9-5-7-13-6-3-4-8-15(13)16/h5,7,9-11H,2-4,6,8,12H2,1H3. The van der Waals surface area contributed by atoms with Crippen LogP contribution in [0.2, 0.25) is 0 Å². The molecule has 0 amide bonds. The first kappa shape index (κ1) is 14.7. The number of benzene rings is 1. The molecule has 2 aromatic rings. The van der Waals surface area contributed by atoms with E-state index in [-0.39, 0.29) is 5.76 Å². The van der Waals surface area contributed by atoms with Crippen LogP contribution in [0.15, 0.2) is 34.7 Å². The number of carbonyl (C=O) groups is 1. The lowest BCUT2D eigenvalue weighted by molar-refractivity contribution is 0.0486. The molecule has 22 heavy (non-hydrogen) atoms. The van der Waals surface area contributed by atoms with Gasteiger partial charge >= 0.3 is 5.97 Å². The van der Waals surface area contributed by atoms with Crippen LogP contribution < -0.4 is 4.74 Å². The highest BCUT2D eigenvalue weighted by Gasteiger charge is 2.15. The van der Waals surface area contributed by atoms with Gasteiger partial charge in [-0.1, -0.05) is 12.1 Å². The fourth-order valence-corrected chi connectivity index (χ4v) is 2.80. The molecule has 0 fully saturated rings. The predicted octanol–water partition coefficient (Wildman–Crippen LogP) is 3.91. The van der Waals surface area contributed by atoms with Crippen LogP contribution in [-0.2, 0) is 24.2 Å². The topological polar surface area (TPSA) is 48.7 Å². The second kappa shape index (κ2) is 6.69. The number of carbonyl (C=O) groups excluding carboxylic acids is 1. The Morgan fingerprint density at radius 3 is 2.91 bits per heavy atom. The summed E-state index contributed by atoms with van der Waals surface area (Å²) in [5.74, 6) is 1.32. The maximum Gasteiger partial charge on any atom is 0.374 e. The van der Waals surface area contributed by atoms with Gasteiger partial charge in [-0.3, -0.25) is 0 Å². The average molecular weight is 300 g/mol. The zero-order valence-electron chi connectivity index (χ0n) is 12.8. The van der Waals surface area contributed by atoms with Crippen LogP contribution in [0, 0.1) is 0 Å². The van der Waals surface area contributed by atoms with Crippen LogP contribution in [0.1, 0.15) is 47.2 Å². The third kappa shape index (κ3) is 3.16. The number of hydrogen-bond donors (Lipinski definition) is 0. The molecule has 1 aromatic heterocycles. The molecule has 0 radical (unpaired) electrons. The van der Waals surface area contributed by atoms with E-state index in [0.29, 0.717) is 19.0 Å². The molecule has 3 rings (SSSR count). The van der Waals surface area contributed by atoms with Gasteiger partial charge in [0.05, 0.1) is 6.61 Å². The van der Waals surface area contributed by atoms with Crippen molar-refractivity contribution < 1.29 is 18.7 Å². The monoisotopic (exact) mass is 300 g/mol. The number of rotatable bonds is 5. The SMILES string of the molecule is CCOC(=O)c1ccc(COc2cccc3c2CCCC3)o1. The molecule has 4 heteroatoms. The molecule has 0 bridgehead atoms. The number of furan rings is 1. The van der Waals surface area contributed by atoms with Crippen molar-refractivity contribution in [3.63, 3.8) is 0 Å². The lowest BCUT2D eigenvalue weighted by atomic mass is 9.91. The Morgan fingerprint density at radius 2 is 2.05 bits per heavy atom. The molecular weight excluding hydrogens is 280 g/mol. The maximum atomic E-state index is 11.6. The Morgan fingerprint density at radius 1 is 1.18 bits per heavy atom. The summed E-state index contributed by atoms with van der Waals surface area (Å²) >= 11 is 0. The summed E-state index contributed by atoms with van der Waals surface area (Å²) in [5, 5.41) is 0. The van der Waals surface area contributed by atoms with Gasteiger partial charge in [0.15, 0.2) is 0 Å². The predicted molar refractivity (Wildman–Crippen MR) is 82.1 cm³/mol. The van der Waals surface area contributed by atoms with Crippen molar-refractivity contribution in [3.05, 3.63) is 53.0 Å². The molecule has 0 atom stereocenters. The van der Waals surface area contributed by atoms with E-state index in [4.69, 9.17) is 13.9 Å². The van der Waals surface area contributed by atoms with Crippen LogP contribution in [0.5, 0.6) is 5.75 Å². The molecule has 0 spiro atoms. The van der Waals surface area contributed by atoms with Crippen LogP contribution in [-0.4, -0.2) is 12.6 Å². The molecule has 0 aliphatic heterocycles. The van der Waals surface area contributed by atoms with Crippen LogP contribution >= 0.6 is 0 Å². The van der Waals surface area contributed by atoms with Crippen LogP contribution in [0.3, 0.4) is 0 Å². The minimum atomic E-state index is -0.439. The van der Waals surface area contributed by atoms with E-state index in [9.17, 15) is 4.79 Å². The van der Waals surface area contributed by atoms with E-state index in [2.05, 4.69) is 6.07 Å². The quantitative estimate of drug-likeness (QED) is 0.785. The molecule has 116 valence electrons. The summed E-state index contributed by atoms with van der Waals surface area (Å²) in [6.45, 7) is 2.42. The first-order valence-electron chi connectivity index (χ1n) is 7.77. The van der Waals surface area contributed by atoms with Crippen molar-refractivity contribution in [1.82, 2.24) is 0 Å². The highest BCUT2D eigenvalue weighted by molar-refractivity contribution is 5.86. The lowest BCUT2D eigenvalue weighted by Crippen LogP contribution is -2.06. The molecular formula is C18H20O4. The second-order valence-corrected chi connectivity index (χ2v) is 5.38. The molecule has 0 N–H and O–H groups in total. The normalized spacial score (nSPS) is 13.5. The zero-order chi connectivity index (χ0) is 15.4. The first-order chi connectivity index (χ1) is 10.8. The van der Waals surface area contributed by atoms with Crippen molar-refractivity contribution in [2.75, 3.05) is 6.61 Å². The van der Waals surface area contributed by atoms with Gasteiger partial charge in [0, 0.05) is 0 Å². The summed E-state index contributed by atoms with van der Waals surface area (Å²) in [6.07, 6.45) is 4.65. The minimum Gasteiger partial charge on any atom is -0.485 e. The van der Waals surface area contributed by atoms with E-state index >= 15 is 0 Å². The van der Waals surface area contributed by atoms with Crippen LogP contribution in [0.4, 0.5) is 0 Å². The molecule has 1 aliphatic rings. The largest absolute Gasteiger partial charge is 0.485 e. The Balaban J connectivity index is 1.67. The number of hydrogen-bond acceptors (Lipinski definition) is 4. The Kier molecular flexibility index (Phi) is 4.47. The number of aryl methyl sites for hydroxylation is 1. The summed E-state index contributed by atoms with van der Waals surface area (Å²) in [6, 6.07) is 9.58. The van der Waals surface area contributed by atoms with Crippen molar-refractivity contribution in [3.8, 4) is 5.75 Å². The smallest absolute Gasteiger partial charge is 0.374 e. The maximum absolute atomic E-state index is 11.6. The molecule has 1 aromatic carbocycles. The van der Waals surface area contributed by atoms with Gasteiger partial charge in [-0.25, -0.2) is 4.79 Å². The van der Waals surface area contributed by atoms with Gasteiger partial charge in [0.1, 0.15) is 18.1 Å². The lowest BCUT2D eigenvalue weighted by Gasteiger charge is -2.19.